The zero-order chi connectivity index (χ0) is 18.5. The number of nitrogens with zero attached hydrogens (tertiary/aromatic N) is 4. The van der Waals surface area contributed by atoms with Gasteiger partial charge < -0.3 is 4.90 Å². The van der Waals surface area contributed by atoms with Gasteiger partial charge in [0.2, 0.25) is 11.8 Å². The first-order valence-corrected chi connectivity index (χ1v) is 8.71. The van der Waals surface area contributed by atoms with Crippen molar-refractivity contribution in [3.8, 4) is 0 Å². The van der Waals surface area contributed by atoms with E-state index in [-0.39, 0.29) is 17.6 Å². The highest BCUT2D eigenvalue weighted by atomic mass is 19.1. The number of para-hydroxylation sites is 1. The van der Waals surface area contributed by atoms with Crippen molar-refractivity contribution in [3.63, 3.8) is 0 Å². The Balaban J connectivity index is 1.48. The highest BCUT2D eigenvalue weighted by Crippen LogP contribution is 2.38. The van der Waals surface area contributed by atoms with Crippen molar-refractivity contribution in [2.45, 2.75) is 0 Å². The second-order valence-corrected chi connectivity index (χ2v) is 6.82. The van der Waals surface area contributed by atoms with Gasteiger partial charge in [0.25, 0.3) is 0 Å². The first-order chi connectivity index (χ1) is 13.1. The average Bonchev–Trinajstić information content (AvgIpc) is 3.22. The van der Waals surface area contributed by atoms with Gasteiger partial charge in [-0.15, -0.1) is 0 Å². The third kappa shape index (κ3) is 2.38. The molecule has 2 unspecified atom stereocenters. The average molecular weight is 362 g/mol. The number of hydrogen-bond acceptors (Lipinski definition) is 5. The van der Waals surface area contributed by atoms with E-state index in [4.69, 9.17) is 0 Å². The second kappa shape index (κ2) is 5.84. The standard InChI is InChI=1S/C20H15FN4O2/c21-12-6-7-17-14(8-12)18(23-11-22-17)24-9-15-16(10-24)20(27)25(19(15)26)13-4-2-1-3-5-13/h1-8,11,15-16H,9-10H2. The van der Waals surface area contributed by atoms with E-state index in [0.29, 0.717) is 35.5 Å². The van der Waals surface area contributed by atoms with E-state index in [0.717, 1.165) is 0 Å². The number of fused-ring (bicyclic) bond motifs is 2. The lowest BCUT2D eigenvalue weighted by molar-refractivity contribution is -0.122. The monoisotopic (exact) mass is 362 g/mol. The van der Waals surface area contributed by atoms with Gasteiger partial charge in [-0.1, -0.05) is 18.2 Å². The van der Waals surface area contributed by atoms with Crippen LogP contribution in [0.5, 0.6) is 0 Å². The van der Waals surface area contributed by atoms with Crippen molar-refractivity contribution in [2.24, 2.45) is 11.8 Å². The van der Waals surface area contributed by atoms with E-state index in [2.05, 4.69) is 9.97 Å². The van der Waals surface area contributed by atoms with E-state index >= 15 is 0 Å². The summed E-state index contributed by atoms with van der Waals surface area (Å²) in [6.07, 6.45) is 1.42. The fourth-order valence-corrected chi connectivity index (χ4v) is 4.02. The molecule has 0 N–H and O–H groups in total. The van der Waals surface area contributed by atoms with Crippen LogP contribution in [0.1, 0.15) is 0 Å². The van der Waals surface area contributed by atoms with Crippen LogP contribution in [-0.2, 0) is 9.59 Å². The zero-order valence-electron chi connectivity index (χ0n) is 14.2. The summed E-state index contributed by atoms with van der Waals surface area (Å²) in [6.45, 7) is 0.752. The van der Waals surface area contributed by atoms with Crippen LogP contribution in [0, 0.1) is 17.7 Å². The molecular weight excluding hydrogens is 347 g/mol. The Bertz CT molecular complexity index is 1050. The molecule has 2 amide bonds. The van der Waals surface area contributed by atoms with Crippen LogP contribution >= 0.6 is 0 Å². The highest BCUT2D eigenvalue weighted by molar-refractivity contribution is 6.22. The minimum atomic E-state index is -0.420. The molecule has 2 aromatic carbocycles. The number of halogens is 1. The molecule has 7 heteroatoms. The van der Waals surface area contributed by atoms with Crippen LogP contribution in [-0.4, -0.2) is 34.9 Å². The van der Waals surface area contributed by atoms with Gasteiger partial charge in [0.05, 0.1) is 23.0 Å². The minimum Gasteiger partial charge on any atom is -0.354 e. The minimum absolute atomic E-state index is 0.191. The van der Waals surface area contributed by atoms with Crippen LogP contribution in [0.3, 0.4) is 0 Å². The van der Waals surface area contributed by atoms with Crippen molar-refractivity contribution < 1.29 is 14.0 Å². The van der Waals surface area contributed by atoms with Crippen LogP contribution in [0.25, 0.3) is 10.9 Å². The van der Waals surface area contributed by atoms with E-state index < -0.39 is 11.8 Å². The Morgan fingerprint density at radius 3 is 2.33 bits per heavy atom. The summed E-state index contributed by atoms with van der Waals surface area (Å²) < 4.78 is 13.7. The molecule has 0 radical (unpaired) electrons. The largest absolute Gasteiger partial charge is 0.354 e. The van der Waals surface area contributed by atoms with E-state index in [1.165, 1.54) is 23.4 Å². The third-order valence-electron chi connectivity index (χ3n) is 5.29. The number of anilines is 2. The number of aromatic nitrogens is 2. The summed E-state index contributed by atoms with van der Waals surface area (Å²) in [5, 5.41) is 0.581. The summed E-state index contributed by atoms with van der Waals surface area (Å²) in [5.74, 6) is -1.04. The summed E-state index contributed by atoms with van der Waals surface area (Å²) in [7, 11) is 0. The molecule has 6 nitrogen and oxygen atoms in total. The summed E-state index contributed by atoms with van der Waals surface area (Å²) in [4.78, 5) is 37.4. The number of rotatable bonds is 2. The van der Waals surface area contributed by atoms with Gasteiger partial charge in [-0.05, 0) is 30.3 Å². The Labute approximate surface area is 154 Å². The van der Waals surface area contributed by atoms with Gasteiger partial charge >= 0.3 is 0 Å². The van der Waals surface area contributed by atoms with Gasteiger partial charge in [0.1, 0.15) is 18.0 Å². The summed E-state index contributed by atoms with van der Waals surface area (Å²) in [6, 6.07) is 13.3. The third-order valence-corrected chi connectivity index (χ3v) is 5.29. The predicted molar refractivity (Wildman–Crippen MR) is 97.6 cm³/mol. The Morgan fingerprint density at radius 2 is 1.63 bits per heavy atom. The topological polar surface area (TPSA) is 66.4 Å². The number of amides is 2. The molecule has 3 heterocycles. The van der Waals surface area contributed by atoms with Crippen molar-refractivity contribution in [1.29, 1.82) is 0 Å². The number of carbonyl (C=O) groups is 2. The molecular formula is C20H15FN4O2. The summed E-state index contributed by atoms with van der Waals surface area (Å²) >= 11 is 0. The SMILES string of the molecule is O=C1C2CN(c3ncnc4ccc(F)cc34)CC2C(=O)N1c1ccccc1. The molecule has 3 aromatic rings. The first kappa shape index (κ1) is 15.9. The summed E-state index contributed by atoms with van der Waals surface area (Å²) in [5.41, 5.74) is 1.23. The van der Waals surface area contributed by atoms with Crippen LogP contribution < -0.4 is 9.80 Å². The van der Waals surface area contributed by atoms with Gasteiger partial charge in [-0.25, -0.2) is 19.3 Å². The van der Waals surface area contributed by atoms with Gasteiger partial charge in [-0.3, -0.25) is 9.59 Å². The van der Waals surface area contributed by atoms with Crippen LogP contribution in [0.15, 0.2) is 54.9 Å². The molecule has 0 bridgehead atoms. The van der Waals surface area contributed by atoms with Crippen molar-refractivity contribution in [2.75, 3.05) is 22.9 Å². The maximum atomic E-state index is 13.7. The zero-order valence-corrected chi connectivity index (χ0v) is 14.2. The lowest BCUT2D eigenvalue weighted by atomic mass is 10.00. The molecule has 27 heavy (non-hydrogen) atoms. The van der Waals surface area contributed by atoms with E-state index in [9.17, 15) is 14.0 Å². The Kier molecular flexibility index (Phi) is 3.43. The fraction of sp³-hybridized carbons (Fsp3) is 0.200. The lowest BCUT2D eigenvalue weighted by Gasteiger charge is -2.22. The molecule has 5 rings (SSSR count). The second-order valence-electron chi connectivity index (χ2n) is 6.82. The number of hydrogen-bond donors (Lipinski definition) is 0. The van der Waals surface area contributed by atoms with Crippen molar-refractivity contribution in [3.05, 3.63) is 60.7 Å². The highest BCUT2D eigenvalue weighted by Gasteiger charge is 2.53. The Hall–Kier alpha value is -3.35. The predicted octanol–water partition coefficient (Wildman–Crippen LogP) is 2.39. The maximum Gasteiger partial charge on any atom is 0.239 e. The lowest BCUT2D eigenvalue weighted by Crippen LogP contribution is -2.36. The molecule has 0 spiro atoms. The van der Waals surface area contributed by atoms with Gasteiger partial charge in [-0.2, -0.15) is 0 Å². The Morgan fingerprint density at radius 1 is 0.926 bits per heavy atom. The molecule has 2 atom stereocenters. The van der Waals surface area contributed by atoms with Gasteiger partial charge in [0, 0.05) is 18.5 Å². The molecule has 0 saturated carbocycles. The first-order valence-electron chi connectivity index (χ1n) is 8.71. The van der Waals surface area contributed by atoms with E-state index in [1.807, 2.05) is 11.0 Å². The molecule has 2 aliphatic heterocycles. The molecule has 1 aromatic heterocycles. The normalized spacial score (nSPS) is 22.0. The molecule has 2 aliphatic rings. The molecule has 2 fully saturated rings. The van der Waals surface area contributed by atoms with Crippen molar-refractivity contribution >= 4 is 34.2 Å². The number of benzene rings is 2. The van der Waals surface area contributed by atoms with Crippen LogP contribution in [0.2, 0.25) is 0 Å². The molecule has 2 saturated heterocycles. The smallest absolute Gasteiger partial charge is 0.239 e. The van der Waals surface area contributed by atoms with E-state index in [1.54, 1.807) is 30.3 Å². The quantitative estimate of drug-likeness (QED) is 0.655. The fourth-order valence-electron chi connectivity index (χ4n) is 4.02. The molecule has 134 valence electrons. The van der Waals surface area contributed by atoms with Crippen LogP contribution in [0.4, 0.5) is 15.9 Å². The van der Waals surface area contributed by atoms with Crippen molar-refractivity contribution in [1.82, 2.24) is 9.97 Å². The maximum absolute atomic E-state index is 13.7. The molecule has 0 aliphatic carbocycles. The number of imide groups is 1. The number of carbonyl (C=O) groups excluding carboxylic acids is 2. The van der Waals surface area contributed by atoms with Gasteiger partial charge in [0.15, 0.2) is 0 Å².